The number of hydrogen-bond donors (Lipinski definition) is 3. The summed E-state index contributed by atoms with van der Waals surface area (Å²) in [6, 6.07) is 16.7. The van der Waals surface area contributed by atoms with Gasteiger partial charge in [0.25, 0.3) is 0 Å². The van der Waals surface area contributed by atoms with E-state index in [0.29, 0.717) is 29.8 Å². The predicted octanol–water partition coefficient (Wildman–Crippen LogP) is 3.84. The van der Waals surface area contributed by atoms with Gasteiger partial charge in [-0.1, -0.05) is 31.2 Å². The molecule has 3 aliphatic heterocycles. The van der Waals surface area contributed by atoms with Gasteiger partial charge in [0, 0.05) is 43.6 Å². The Labute approximate surface area is 214 Å². The molecule has 6 heteroatoms. The van der Waals surface area contributed by atoms with Crippen LogP contribution in [0.3, 0.4) is 0 Å². The van der Waals surface area contributed by atoms with Gasteiger partial charge in [-0.15, -0.1) is 0 Å². The summed E-state index contributed by atoms with van der Waals surface area (Å²) in [6.45, 7) is 6.68. The number of nitrogens with one attached hydrogen (secondary N) is 3. The van der Waals surface area contributed by atoms with Crippen LogP contribution in [0.25, 0.3) is 0 Å². The van der Waals surface area contributed by atoms with Crippen molar-refractivity contribution >= 4 is 17.3 Å². The standard InChI is InChI=1S/C30H39N5O/c1-3-19-4-11-26-24(16-19)30(29(36)31-26)18-25(30)21-7-10-23-27(17-21)32-33-28(23)20-5-8-22(9-6-20)35-14-12-34(2)13-15-35/h4-6,8-9,11,16,21,23,25,27-28,32-33H,3,7,10,12-15,17-18H2,1-2H3,(H,31,36)/t21?,23?,25-,27?,28?,30-/m0/s1. The van der Waals surface area contributed by atoms with E-state index in [0.717, 1.165) is 51.1 Å². The quantitative estimate of drug-likeness (QED) is 0.614. The average Bonchev–Trinajstić information content (AvgIpc) is 3.44. The second kappa shape index (κ2) is 8.57. The Hall–Kier alpha value is -2.41. The third kappa shape index (κ3) is 3.52. The smallest absolute Gasteiger partial charge is 0.235 e. The van der Waals surface area contributed by atoms with Crippen molar-refractivity contribution in [2.75, 3.05) is 43.4 Å². The van der Waals surface area contributed by atoms with E-state index in [1.165, 1.54) is 35.2 Å². The number of nitrogens with zero attached hydrogens (tertiary/aromatic N) is 2. The number of benzene rings is 2. The number of amides is 1. The molecule has 4 unspecified atom stereocenters. The van der Waals surface area contributed by atoms with Crippen LogP contribution in [0, 0.1) is 17.8 Å². The molecule has 6 atom stereocenters. The Morgan fingerprint density at radius 2 is 1.81 bits per heavy atom. The molecular weight excluding hydrogens is 446 g/mol. The van der Waals surface area contributed by atoms with Crippen molar-refractivity contribution in [2.45, 2.75) is 56.5 Å². The van der Waals surface area contributed by atoms with E-state index in [4.69, 9.17) is 0 Å². The number of hydrazine groups is 1. The minimum absolute atomic E-state index is 0.244. The zero-order valence-electron chi connectivity index (χ0n) is 21.6. The fourth-order valence-corrected chi connectivity index (χ4v) is 7.82. The Morgan fingerprint density at radius 3 is 2.58 bits per heavy atom. The third-order valence-corrected chi connectivity index (χ3v) is 10.1. The van der Waals surface area contributed by atoms with Crippen LogP contribution in [-0.4, -0.2) is 50.1 Å². The number of carbonyl (C=O) groups excluding carboxylic acids is 1. The normalized spacial score (nSPS) is 35.6. The molecule has 0 radical (unpaired) electrons. The number of piperazine rings is 1. The fraction of sp³-hybridized carbons (Fsp3) is 0.567. The minimum atomic E-state index is -0.261. The maximum absolute atomic E-state index is 13.1. The number of aryl methyl sites for hydroxylation is 1. The first-order chi connectivity index (χ1) is 17.6. The van der Waals surface area contributed by atoms with Crippen LogP contribution in [0.5, 0.6) is 0 Å². The van der Waals surface area contributed by atoms with Gasteiger partial charge in [0.05, 0.1) is 11.5 Å². The first kappa shape index (κ1) is 22.8. The van der Waals surface area contributed by atoms with E-state index >= 15 is 0 Å². The summed E-state index contributed by atoms with van der Waals surface area (Å²) in [6.07, 6.45) is 5.64. The van der Waals surface area contributed by atoms with Crippen LogP contribution < -0.4 is 21.1 Å². The average molecular weight is 486 g/mol. The summed E-state index contributed by atoms with van der Waals surface area (Å²) < 4.78 is 0. The van der Waals surface area contributed by atoms with E-state index in [1.807, 2.05) is 0 Å². The summed E-state index contributed by atoms with van der Waals surface area (Å²) >= 11 is 0. The zero-order valence-corrected chi connectivity index (χ0v) is 21.6. The highest BCUT2D eigenvalue weighted by atomic mass is 16.2. The Morgan fingerprint density at radius 1 is 1.00 bits per heavy atom. The highest BCUT2D eigenvalue weighted by Crippen LogP contribution is 2.65. The van der Waals surface area contributed by atoms with Gasteiger partial charge in [-0.3, -0.25) is 10.2 Å². The topological polar surface area (TPSA) is 59.6 Å². The zero-order chi connectivity index (χ0) is 24.4. The van der Waals surface area contributed by atoms with Crippen molar-refractivity contribution in [3.8, 4) is 0 Å². The molecule has 0 aromatic heterocycles. The highest BCUT2D eigenvalue weighted by Gasteiger charge is 2.67. The van der Waals surface area contributed by atoms with Crippen molar-refractivity contribution in [3.05, 3.63) is 59.2 Å². The molecule has 3 heterocycles. The molecule has 1 spiro atoms. The number of carbonyl (C=O) groups is 1. The number of anilines is 2. The minimum Gasteiger partial charge on any atom is -0.369 e. The lowest BCUT2D eigenvalue weighted by atomic mass is 9.72. The maximum Gasteiger partial charge on any atom is 0.235 e. The van der Waals surface area contributed by atoms with E-state index in [9.17, 15) is 4.79 Å². The van der Waals surface area contributed by atoms with Crippen LogP contribution in [0.4, 0.5) is 11.4 Å². The second-order valence-corrected chi connectivity index (χ2v) is 12.0. The van der Waals surface area contributed by atoms with Gasteiger partial charge >= 0.3 is 0 Å². The SMILES string of the molecule is CCc1ccc2c(c1)[C@]1(C[C@H]1C1CCC3C(C1)NNC3c1ccc(N3CCN(C)CC3)cc1)C(=O)N2. The molecule has 3 N–H and O–H groups in total. The van der Waals surface area contributed by atoms with E-state index in [1.54, 1.807) is 0 Å². The first-order valence-electron chi connectivity index (χ1n) is 14.1. The molecule has 4 fully saturated rings. The van der Waals surface area contributed by atoms with E-state index in [2.05, 4.69) is 82.4 Å². The molecule has 2 aromatic rings. The monoisotopic (exact) mass is 485 g/mol. The van der Waals surface area contributed by atoms with Gasteiger partial charge in [0.1, 0.15) is 0 Å². The Bertz CT molecular complexity index is 1160. The van der Waals surface area contributed by atoms with Gasteiger partial charge in [-0.2, -0.15) is 0 Å². The lowest BCUT2D eigenvalue weighted by Gasteiger charge is -2.35. The summed E-state index contributed by atoms with van der Waals surface area (Å²) in [5, 5.41) is 3.20. The molecule has 5 aliphatic rings. The summed E-state index contributed by atoms with van der Waals surface area (Å²) in [7, 11) is 2.21. The molecule has 190 valence electrons. The van der Waals surface area contributed by atoms with Crippen LogP contribution in [-0.2, 0) is 16.6 Å². The summed E-state index contributed by atoms with van der Waals surface area (Å²) in [5.41, 5.74) is 13.5. The van der Waals surface area contributed by atoms with Crippen molar-refractivity contribution in [1.82, 2.24) is 15.8 Å². The van der Waals surface area contributed by atoms with E-state index < -0.39 is 0 Å². The predicted molar refractivity (Wildman–Crippen MR) is 144 cm³/mol. The summed E-state index contributed by atoms with van der Waals surface area (Å²) in [4.78, 5) is 18.1. The van der Waals surface area contributed by atoms with Gasteiger partial charge in [0.2, 0.25) is 5.91 Å². The van der Waals surface area contributed by atoms with Crippen molar-refractivity contribution in [3.63, 3.8) is 0 Å². The number of rotatable bonds is 4. The lowest BCUT2D eigenvalue weighted by molar-refractivity contribution is -0.118. The Balaban J connectivity index is 1.03. The number of fused-ring (bicyclic) bond motifs is 3. The van der Waals surface area contributed by atoms with Crippen LogP contribution in [0.1, 0.15) is 55.3 Å². The first-order valence-corrected chi connectivity index (χ1v) is 14.1. The lowest BCUT2D eigenvalue weighted by Crippen LogP contribution is -2.44. The molecule has 1 amide bonds. The summed E-state index contributed by atoms with van der Waals surface area (Å²) in [5.74, 6) is 1.95. The number of likely N-dealkylation sites (N-methyl/N-ethyl adjacent to an activating group) is 1. The van der Waals surface area contributed by atoms with Crippen LogP contribution in [0.15, 0.2) is 42.5 Å². The maximum atomic E-state index is 13.1. The Kier molecular flexibility index (Phi) is 5.42. The van der Waals surface area contributed by atoms with Gasteiger partial charge in [-0.25, -0.2) is 5.43 Å². The molecule has 2 saturated carbocycles. The second-order valence-electron chi connectivity index (χ2n) is 12.0. The molecule has 0 bridgehead atoms. The molecule has 7 rings (SSSR count). The number of hydrogen-bond acceptors (Lipinski definition) is 5. The van der Waals surface area contributed by atoms with Crippen LogP contribution in [0.2, 0.25) is 0 Å². The molecule has 6 nitrogen and oxygen atoms in total. The molecule has 2 saturated heterocycles. The van der Waals surface area contributed by atoms with Crippen molar-refractivity contribution in [2.24, 2.45) is 17.8 Å². The third-order valence-electron chi connectivity index (χ3n) is 10.1. The molecule has 2 aliphatic carbocycles. The van der Waals surface area contributed by atoms with Gasteiger partial charge < -0.3 is 15.1 Å². The van der Waals surface area contributed by atoms with Crippen molar-refractivity contribution < 1.29 is 4.79 Å². The fourth-order valence-electron chi connectivity index (χ4n) is 7.82. The molecular formula is C30H39N5O. The largest absolute Gasteiger partial charge is 0.369 e. The molecule has 36 heavy (non-hydrogen) atoms. The highest BCUT2D eigenvalue weighted by molar-refractivity contribution is 6.09. The molecule has 2 aromatic carbocycles. The van der Waals surface area contributed by atoms with E-state index in [-0.39, 0.29) is 11.3 Å². The van der Waals surface area contributed by atoms with Crippen LogP contribution >= 0.6 is 0 Å². The van der Waals surface area contributed by atoms with Gasteiger partial charge in [-0.05, 0) is 91.8 Å². The van der Waals surface area contributed by atoms with Gasteiger partial charge in [0.15, 0.2) is 0 Å². The van der Waals surface area contributed by atoms with Crippen molar-refractivity contribution in [1.29, 1.82) is 0 Å².